The fourth-order valence-corrected chi connectivity index (χ4v) is 2.65. The van der Waals surface area contributed by atoms with Crippen LogP contribution >= 0.6 is 0 Å². The summed E-state index contributed by atoms with van der Waals surface area (Å²) in [5.74, 6) is 2.98. The molecule has 1 aliphatic rings. The van der Waals surface area contributed by atoms with Gasteiger partial charge in [0.05, 0.1) is 12.6 Å². The van der Waals surface area contributed by atoms with Gasteiger partial charge in [-0.2, -0.15) is 5.10 Å². The van der Waals surface area contributed by atoms with Crippen molar-refractivity contribution in [1.29, 1.82) is 0 Å². The van der Waals surface area contributed by atoms with Gasteiger partial charge >= 0.3 is 0 Å². The van der Waals surface area contributed by atoms with E-state index in [2.05, 4.69) is 30.0 Å². The van der Waals surface area contributed by atoms with Gasteiger partial charge in [0.25, 0.3) is 0 Å². The van der Waals surface area contributed by atoms with E-state index in [0.29, 0.717) is 12.4 Å². The summed E-state index contributed by atoms with van der Waals surface area (Å²) in [6.45, 7) is 3.62. The van der Waals surface area contributed by atoms with Crippen LogP contribution in [0.4, 0.5) is 5.82 Å². The van der Waals surface area contributed by atoms with Crippen LogP contribution in [0.1, 0.15) is 42.8 Å². The molecule has 1 saturated heterocycles. The van der Waals surface area contributed by atoms with Gasteiger partial charge in [-0.05, 0) is 32.4 Å². The van der Waals surface area contributed by atoms with E-state index in [0.717, 1.165) is 30.4 Å². The van der Waals surface area contributed by atoms with Gasteiger partial charge in [0, 0.05) is 6.20 Å². The van der Waals surface area contributed by atoms with Crippen molar-refractivity contribution >= 4 is 5.82 Å². The zero-order chi connectivity index (χ0) is 13.9. The highest BCUT2D eigenvalue weighted by Gasteiger charge is 2.27. The van der Waals surface area contributed by atoms with Crippen LogP contribution in [0.15, 0.2) is 12.3 Å². The third kappa shape index (κ3) is 2.77. The van der Waals surface area contributed by atoms with Crippen LogP contribution < -0.4 is 5.73 Å². The van der Waals surface area contributed by atoms with Crippen molar-refractivity contribution in [3.05, 3.63) is 29.7 Å². The zero-order valence-corrected chi connectivity index (χ0v) is 11.6. The molecule has 3 heterocycles. The number of hydrogen-bond acceptors (Lipinski definition) is 6. The molecule has 0 amide bonds. The fraction of sp³-hybridized carbons (Fsp3) is 0.538. The monoisotopic (exact) mass is 273 g/mol. The van der Waals surface area contributed by atoms with E-state index in [1.54, 1.807) is 12.3 Å². The molecule has 1 atom stereocenters. The van der Waals surface area contributed by atoms with Gasteiger partial charge in [0.15, 0.2) is 5.82 Å². The highest BCUT2D eigenvalue weighted by molar-refractivity contribution is 5.25. The molecule has 0 radical (unpaired) electrons. The lowest BCUT2D eigenvalue weighted by molar-refractivity contribution is 0.130. The number of nitrogens with one attached hydrogen (secondary N) is 1. The molecule has 0 spiro atoms. The third-order valence-electron chi connectivity index (χ3n) is 3.60. The number of anilines is 1. The molecule has 1 fully saturated rings. The van der Waals surface area contributed by atoms with Crippen molar-refractivity contribution in [3.63, 3.8) is 0 Å². The number of likely N-dealkylation sites (tertiary alicyclic amines) is 1. The lowest BCUT2D eigenvalue weighted by atomic mass is 10.0. The van der Waals surface area contributed by atoms with Gasteiger partial charge < -0.3 is 5.73 Å². The summed E-state index contributed by atoms with van der Waals surface area (Å²) in [4.78, 5) is 15.4. The topological polar surface area (TPSA) is 96.6 Å². The van der Waals surface area contributed by atoms with Crippen molar-refractivity contribution in [1.82, 2.24) is 30.0 Å². The third-order valence-corrected chi connectivity index (χ3v) is 3.60. The largest absolute Gasteiger partial charge is 0.384 e. The van der Waals surface area contributed by atoms with Crippen LogP contribution in [0.25, 0.3) is 0 Å². The maximum absolute atomic E-state index is 5.71. The number of aromatic amines is 1. The van der Waals surface area contributed by atoms with E-state index in [9.17, 15) is 0 Å². The first kappa shape index (κ1) is 13.0. The molecule has 106 valence electrons. The number of H-pyrrole nitrogens is 1. The van der Waals surface area contributed by atoms with Crippen LogP contribution in [0.3, 0.4) is 0 Å². The predicted octanol–water partition coefficient (Wildman–Crippen LogP) is 1.21. The fourth-order valence-electron chi connectivity index (χ4n) is 2.65. The molecular weight excluding hydrogens is 254 g/mol. The van der Waals surface area contributed by atoms with E-state index in [-0.39, 0.29) is 6.04 Å². The first-order chi connectivity index (χ1) is 9.72. The SMILES string of the molecule is Cc1nc(C2CCCCN2Cc2nccc(N)n2)n[nH]1. The summed E-state index contributed by atoms with van der Waals surface area (Å²) >= 11 is 0. The Morgan fingerprint density at radius 3 is 3.05 bits per heavy atom. The van der Waals surface area contributed by atoms with Gasteiger partial charge in [-0.15, -0.1) is 0 Å². The molecule has 0 saturated carbocycles. The maximum atomic E-state index is 5.71. The smallest absolute Gasteiger partial charge is 0.167 e. The van der Waals surface area contributed by atoms with Gasteiger partial charge in [0.2, 0.25) is 0 Å². The van der Waals surface area contributed by atoms with Crippen LogP contribution in [-0.2, 0) is 6.54 Å². The van der Waals surface area contributed by atoms with Crippen molar-refractivity contribution in [2.45, 2.75) is 38.8 Å². The Morgan fingerprint density at radius 2 is 2.30 bits per heavy atom. The molecule has 2 aromatic heterocycles. The van der Waals surface area contributed by atoms with Crippen molar-refractivity contribution in [2.24, 2.45) is 0 Å². The van der Waals surface area contributed by atoms with E-state index >= 15 is 0 Å². The lowest BCUT2D eigenvalue weighted by Gasteiger charge is -2.33. The van der Waals surface area contributed by atoms with Crippen molar-refractivity contribution < 1.29 is 0 Å². The quantitative estimate of drug-likeness (QED) is 0.872. The molecule has 20 heavy (non-hydrogen) atoms. The maximum Gasteiger partial charge on any atom is 0.167 e. The van der Waals surface area contributed by atoms with Gasteiger partial charge in [-0.1, -0.05) is 6.42 Å². The average Bonchev–Trinajstić information content (AvgIpc) is 2.86. The lowest BCUT2D eigenvalue weighted by Crippen LogP contribution is -2.34. The standard InChI is InChI=1S/C13H19N7/c1-9-16-13(19-18-9)10-4-2-3-7-20(10)8-12-15-6-5-11(14)17-12/h5-6,10H,2-4,7-8H2,1H3,(H2,14,15,17)(H,16,18,19). The second-order valence-corrected chi connectivity index (χ2v) is 5.16. The molecule has 3 rings (SSSR count). The summed E-state index contributed by atoms with van der Waals surface area (Å²) in [6, 6.07) is 1.94. The molecule has 1 unspecified atom stereocenters. The Kier molecular flexibility index (Phi) is 3.60. The second kappa shape index (κ2) is 5.54. The van der Waals surface area contributed by atoms with Crippen LogP contribution in [0, 0.1) is 6.92 Å². The van der Waals surface area contributed by atoms with Gasteiger partial charge in [0.1, 0.15) is 17.5 Å². The number of hydrogen-bond donors (Lipinski definition) is 2. The van der Waals surface area contributed by atoms with Gasteiger partial charge in [-0.3, -0.25) is 10.00 Å². The molecule has 7 heteroatoms. The normalized spacial score (nSPS) is 20.1. The number of piperidine rings is 1. The van der Waals surface area contributed by atoms with Gasteiger partial charge in [-0.25, -0.2) is 15.0 Å². The molecule has 2 aromatic rings. The van der Waals surface area contributed by atoms with E-state index in [1.807, 2.05) is 6.92 Å². The number of rotatable bonds is 3. The number of nitrogens with two attached hydrogens (primary N) is 1. The molecule has 0 aromatic carbocycles. The van der Waals surface area contributed by atoms with Crippen LogP contribution in [0.2, 0.25) is 0 Å². The van der Waals surface area contributed by atoms with Crippen LogP contribution in [-0.4, -0.2) is 36.6 Å². The van der Waals surface area contributed by atoms with E-state index in [1.165, 1.54) is 12.8 Å². The first-order valence-electron chi connectivity index (χ1n) is 6.93. The summed E-state index contributed by atoms with van der Waals surface area (Å²) in [5, 5.41) is 7.23. The molecule has 0 bridgehead atoms. The first-order valence-corrected chi connectivity index (χ1v) is 6.93. The second-order valence-electron chi connectivity index (χ2n) is 5.16. The summed E-state index contributed by atoms with van der Waals surface area (Å²) in [6.07, 6.45) is 5.15. The number of nitrogens with zero attached hydrogens (tertiary/aromatic N) is 5. The summed E-state index contributed by atoms with van der Waals surface area (Å²) < 4.78 is 0. The summed E-state index contributed by atoms with van der Waals surface area (Å²) in [5.41, 5.74) is 5.71. The minimum atomic E-state index is 0.235. The van der Waals surface area contributed by atoms with E-state index < -0.39 is 0 Å². The molecule has 1 aliphatic heterocycles. The average molecular weight is 273 g/mol. The van der Waals surface area contributed by atoms with Crippen LogP contribution in [0.5, 0.6) is 0 Å². The minimum absolute atomic E-state index is 0.235. The molecule has 3 N–H and O–H groups in total. The number of aryl methyl sites for hydroxylation is 1. The Bertz CT molecular complexity index is 580. The predicted molar refractivity (Wildman–Crippen MR) is 74.6 cm³/mol. The molecule has 0 aliphatic carbocycles. The Hall–Kier alpha value is -2.02. The Labute approximate surface area is 117 Å². The highest BCUT2D eigenvalue weighted by atomic mass is 15.3. The summed E-state index contributed by atoms with van der Waals surface area (Å²) in [7, 11) is 0. The number of nitrogen functional groups attached to an aromatic ring is 1. The Balaban J connectivity index is 1.79. The van der Waals surface area contributed by atoms with E-state index in [4.69, 9.17) is 5.73 Å². The molecule has 7 nitrogen and oxygen atoms in total. The Morgan fingerprint density at radius 1 is 1.40 bits per heavy atom. The van der Waals surface area contributed by atoms with Crippen molar-refractivity contribution in [3.8, 4) is 0 Å². The molecular formula is C13H19N7. The number of aromatic nitrogens is 5. The minimum Gasteiger partial charge on any atom is -0.384 e. The highest BCUT2D eigenvalue weighted by Crippen LogP contribution is 2.29. The zero-order valence-electron chi connectivity index (χ0n) is 11.6. The van der Waals surface area contributed by atoms with Crippen molar-refractivity contribution in [2.75, 3.05) is 12.3 Å².